The van der Waals surface area contributed by atoms with Crippen molar-refractivity contribution in [2.75, 3.05) is 6.61 Å². The van der Waals surface area contributed by atoms with E-state index in [1.54, 1.807) is 12.1 Å². The van der Waals surface area contributed by atoms with Gasteiger partial charge in [-0.1, -0.05) is 0 Å². The zero-order valence-electron chi connectivity index (χ0n) is 14.2. The van der Waals surface area contributed by atoms with Crippen molar-refractivity contribution >= 4 is 9.84 Å². The molecule has 26 heavy (non-hydrogen) atoms. The van der Waals surface area contributed by atoms with Crippen molar-refractivity contribution in [2.24, 2.45) is 0 Å². The number of rotatable bonds is 8. The number of benzene rings is 2. The zero-order valence-corrected chi connectivity index (χ0v) is 17.2. The van der Waals surface area contributed by atoms with Gasteiger partial charge in [-0.15, -0.1) is 0 Å². The molecule has 0 spiro atoms. The molecule has 0 heterocycles. The second-order valence-electron chi connectivity index (χ2n) is 5.39. The van der Waals surface area contributed by atoms with Crippen molar-refractivity contribution in [1.29, 1.82) is 10.5 Å². The van der Waals surface area contributed by atoms with Crippen LogP contribution in [0.3, 0.4) is 0 Å². The number of sulfone groups is 1. The zero-order chi connectivity index (χ0) is 19.0. The van der Waals surface area contributed by atoms with Gasteiger partial charge in [0.05, 0.1) is 0 Å². The first-order valence-corrected chi connectivity index (χ1v) is 11.7. The van der Waals surface area contributed by atoms with Gasteiger partial charge >= 0.3 is 165 Å². The topological polar surface area (TPSA) is 90.9 Å². The van der Waals surface area contributed by atoms with Crippen LogP contribution in [0.5, 0.6) is 5.75 Å². The Labute approximate surface area is 164 Å². The summed E-state index contributed by atoms with van der Waals surface area (Å²) in [5, 5.41) is 15.9. The van der Waals surface area contributed by atoms with Crippen LogP contribution in [0, 0.1) is 29.8 Å². The number of halogens is 1. The Bertz CT molecular complexity index is 897. The summed E-state index contributed by atoms with van der Waals surface area (Å²) in [5.74, 6) is 0.853. The average molecular weight is 481 g/mol. The quantitative estimate of drug-likeness (QED) is 0.397. The predicted octanol–water partition coefficient (Wildman–Crippen LogP) is 0.183. The van der Waals surface area contributed by atoms with Gasteiger partial charge in [0.2, 0.25) is 0 Å². The molecule has 7 heteroatoms. The molecule has 0 aliphatic carbocycles. The molecule has 0 saturated heterocycles. The van der Waals surface area contributed by atoms with E-state index in [-0.39, 0.29) is 4.90 Å². The fourth-order valence-corrected chi connectivity index (χ4v) is 5.27. The number of ether oxygens (including phenoxy) is 1. The molecule has 2 rings (SSSR count). The standard InChI is InChI=1S/C19H18IN2O3S/c1-2-3-12-25-17-8-4-15(5-9-17)20-16-6-10-18(11-7-16)26(23,24)19(13-21)14-22/h4-11,19H,2-3,12H2,1H3/q-1. The minimum atomic E-state index is -3.93. The van der Waals surface area contributed by atoms with Crippen LogP contribution in [0.2, 0.25) is 0 Å². The summed E-state index contributed by atoms with van der Waals surface area (Å²) in [7, 11) is -3.93. The van der Waals surface area contributed by atoms with E-state index in [2.05, 4.69) is 6.92 Å². The molecule has 0 amide bonds. The van der Waals surface area contributed by atoms with E-state index in [0.29, 0.717) is 6.61 Å². The first-order chi connectivity index (χ1) is 12.5. The van der Waals surface area contributed by atoms with Crippen molar-refractivity contribution in [3.63, 3.8) is 0 Å². The van der Waals surface area contributed by atoms with Crippen molar-refractivity contribution in [3.05, 3.63) is 55.7 Å². The molecule has 0 aliphatic heterocycles. The molecule has 2 aromatic rings. The second kappa shape index (κ2) is 9.56. The molecular weight excluding hydrogens is 463 g/mol. The molecule has 0 aromatic heterocycles. The van der Waals surface area contributed by atoms with E-state index in [1.807, 2.05) is 24.3 Å². The number of unbranched alkanes of at least 4 members (excludes halogenated alkanes) is 1. The first-order valence-electron chi connectivity index (χ1n) is 8.02. The number of hydrogen-bond donors (Lipinski definition) is 0. The maximum atomic E-state index is 12.2. The van der Waals surface area contributed by atoms with E-state index in [9.17, 15) is 8.42 Å². The minimum absolute atomic E-state index is 0.00182. The van der Waals surface area contributed by atoms with Crippen LogP contribution >= 0.6 is 0 Å². The van der Waals surface area contributed by atoms with Crippen LogP contribution in [0.4, 0.5) is 0 Å². The molecule has 0 radical (unpaired) electrons. The molecule has 0 atom stereocenters. The van der Waals surface area contributed by atoms with Crippen LogP contribution in [0.1, 0.15) is 19.8 Å². The van der Waals surface area contributed by atoms with E-state index < -0.39 is 36.3 Å². The molecule has 0 unspecified atom stereocenters. The van der Waals surface area contributed by atoms with E-state index >= 15 is 0 Å². The summed E-state index contributed by atoms with van der Waals surface area (Å²) >= 11 is -0.454. The van der Waals surface area contributed by atoms with Gasteiger partial charge in [-0.2, -0.15) is 0 Å². The Morgan fingerprint density at radius 1 is 1.00 bits per heavy atom. The summed E-state index contributed by atoms with van der Waals surface area (Å²) in [6.45, 7) is 2.83. The summed E-state index contributed by atoms with van der Waals surface area (Å²) in [4.78, 5) is -0.00182. The van der Waals surface area contributed by atoms with E-state index in [0.717, 1.165) is 22.2 Å². The number of hydrogen-bond acceptors (Lipinski definition) is 5. The predicted molar refractivity (Wildman–Crippen MR) is 92.9 cm³/mol. The van der Waals surface area contributed by atoms with Crippen molar-refractivity contribution in [2.45, 2.75) is 29.9 Å². The van der Waals surface area contributed by atoms with Crippen LogP contribution in [0.15, 0.2) is 53.4 Å². The fourth-order valence-electron chi connectivity index (χ4n) is 2.05. The Hall–Kier alpha value is -2.10. The molecule has 0 saturated carbocycles. The van der Waals surface area contributed by atoms with Gasteiger partial charge in [0, 0.05) is 0 Å². The second-order valence-corrected chi connectivity index (χ2v) is 10.5. The van der Waals surface area contributed by atoms with Crippen LogP contribution in [0.25, 0.3) is 0 Å². The fraction of sp³-hybridized carbons (Fsp3) is 0.263. The average Bonchev–Trinajstić information content (AvgIpc) is 2.64. The summed E-state index contributed by atoms with van der Waals surface area (Å²) in [6, 6.07) is 17.4. The molecule has 2 aromatic carbocycles. The Morgan fingerprint density at radius 3 is 2.04 bits per heavy atom. The number of nitriles is 2. The number of nitrogens with zero attached hydrogens (tertiary/aromatic N) is 2. The van der Waals surface area contributed by atoms with Gasteiger partial charge in [-0.25, -0.2) is 0 Å². The van der Waals surface area contributed by atoms with Crippen molar-refractivity contribution < 1.29 is 34.4 Å². The van der Waals surface area contributed by atoms with Gasteiger partial charge in [-0.3, -0.25) is 0 Å². The first kappa shape index (κ1) is 20.2. The normalized spacial score (nSPS) is 11.1. The third-order valence-electron chi connectivity index (χ3n) is 3.49. The molecule has 136 valence electrons. The third kappa shape index (κ3) is 5.20. The van der Waals surface area contributed by atoms with Crippen molar-refractivity contribution in [1.82, 2.24) is 0 Å². The molecule has 0 bridgehead atoms. The maximum absolute atomic E-state index is 12.2. The Kier molecular flexibility index (Phi) is 7.43. The molecule has 0 fully saturated rings. The van der Waals surface area contributed by atoms with Gasteiger partial charge < -0.3 is 0 Å². The monoisotopic (exact) mass is 481 g/mol. The third-order valence-corrected chi connectivity index (χ3v) is 7.93. The molecule has 0 aliphatic rings. The van der Waals surface area contributed by atoms with E-state index in [1.165, 1.54) is 27.8 Å². The molecule has 0 N–H and O–H groups in total. The molecule has 5 nitrogen and oxygen atoms in total. The molecular formula is C19H18IN2O3S-. The van der Waals surface area contributed by atoms with Crippen LogP contribution in [-0.4, -0.2) is 20.3 Å². The van der Waals surface area contributed by atoms with Gasteiger partial charge in [0.15, 0.2) is 0 Å². The Balaban J connectivity index is 2.06. The van der Waals surface area contributed by atoms with Crippen LogP contribution < -0.4 is 25.9 Å². The summed E-state index contributed by atoms with van der Waals surface area (Å²) < 4.78 is 32.2. The van der Waals surface area contributed by atoms with Gasteiger partial charge in [0.25, 0.3) is 0 Å². The summed E-state index contributed by atoms with van der Waals surface area (Å²) in [5.41, 5.74) is 0. The van der Waals surface area contributed by atoms with Gasteiger partial charge in [-0.05, 0) is 0 Å². The Morgan fingerprint density at radius 2 is 1.54 bits per heavy atom. The van der Waals surface area contributed by atoms with E-state index in [4.69, 9.17) is 15.3 Å². The van der Waals surface area contributed by atoms with Crippen LogP contribution in [-0.2, 0) is 9.84 Å². The van der Waals surface area contributed by atoms with Gasteiger partial charge in [0.1, 0.15) is 0 Å². The SMILES string of the molecule is CCCCOc1ccc([I-]c2ccc(S(=O)(=O)C(C#N)C#N)cc2)cc1. The summed E-state index contributed by atoms with van der Waals surface area (Å²) in [6.07, 6.45) is 2.13. The van der Waals surface area contributed by atoms with Crippen molar-refractivity contribution in [3.8, 4) is 17.9 Å².